The van der Waals surface area contributed by atoms with Gasteiger partial charge in [0.2, 0.25) is 6.43 Å². The molecule has 0 aliphatic rings. The van der Waals surface area contributed by atoms with E-state index in [1.54, 1.807) is 0 Å². The molecule has 0 saturated carbocycles. The summed E-state index contributed by atoms with van der Waals surface area (Å²) in [5.74, 6) is -1.23. The lowest BCUT2D eigenvalue weighted by molar-refractivity contribution is 0.117. The van der Waals surface area contributed by atoms with Crippen LogP contribution in [0.1, 0.15) is 11.5 Å². The lowest BCUT2D eigenvalue weighted by Gasteiger charge is -2.15. The molecule has 0 radical (unpaired) electrons. The summed E-state index contributed by atoms with van der Waals surface area (Å²) in [4.78, 5) is 7.14. The summed E-state index contributed by atoms with van der Waals surface area (Å²) in [6, 6.07) is 0. The molecule has 7 heteroatoms. The van der Waals surface area contributed by atoms with Gasteiger partial charge in [0.15, 0.2) is 0 Å². The summed E-state index contributed by atoms with van der Waals surface area (Å²) in [5, 5.41) is -0.165. The van der Waals surface area contributed by atoms with E-state index in [2.05, 4.69) is 9.97 Å². The molecule has 1 heterocycles. The van der Waals surface area contributed by atoms with Gasteiger partial charge in [-0.05, 0) is 0 Å². The molecule has 1 atom stereocenters. The molecule has 3 nitrogen and oxygen atoms in total. The highest BCUT2D eigenvalue weighted by Gasteiger charge is 2.26. The van der Waals surface area contributed by atoms with Gasteiger partial charge in [-0.1, -0.05) is 23.2 Å². The molecule has 1 unspecified atom stereocenters. The molecule has 0 fully saturated rings. The lowest BCUT2D eigenvalue weighted by atomic mass is 10.0. The predicted molar refractivity (Wildman–Crippen MR) is 49.9 cm³/mol. The Morgan fingerprint density at radius 3 is 2.14 bits per heavy atom. The first-order valence-electron chi connectivity index (χ1n) is 3.72. The van der Waals surface area contributed by atoms with Gasteiger partial charge in [-0.15, -0.1) is 0 Å². The van der Waals surface area contributed by atoms with Crippen LogP contribution in [0.15, 0.2) is 6.33 Å². The third-order valence-electron chi connectivity index (χ3n) is 1.72. The summed E-state index contributed by atoms with van der Waals surface area (Å²) in [7, 11) is 0. The SMILES string of the molecule is NCC(c1c(Cl)ncnc1Cl)C(F)F. The van der Waals surface area contributed by atoms with Crippen LogP contribution in [0.25, 0.3) is 0 Å². The van der Waals surface area contributed by atoms with Crippen molar-refractivity contribution in [1.29, 1.82) is 0 Å². The Labute approximate surface area is 89.2 Å². The summed E-state index contributed by atoms with van der Waals surface area (Å²) in [6.07, 6.45) is -1.53. The monoisotopic (exact) mass is 241 g/mol. The van der Waals surface area contributed by atoms with Gasteiger partial charge in [0, 0.05) is 12.1 Å². The Morgan fingerprint density at radius 1 is 1.29 bits per heavy atom. The fraction of sp³-hybridized carbons (Fsp3) is 0.429. The topological polar surface area (TPSA) is 51.8 Å². The molecule has 0 amide bonds. The number of aromatic nitrogens is 2. The number of alkyl halides is 2. The molecule has 0 aromatic carbocycles. The van der Waals surface area contributed by atoms with Gasteiger partial charge in [-0.25, -0.2) is 18.7 Å². The highest BCUT2D eigenvalue weighted by atomic mass is 35.5. The first kappa shape index (κ1) is 11.6. The number of halogens is 4. The Morgan fingerprint density at radius 2 is 1.79 bits per heavy atom. The third kappa shape index (κ3) is 2.29. The van der Waals surface area contributed by atoms with Crippen LogP contribution < -0.4 is 5.73 Å². The van der Waals surface area contributed by atoms with E-state index < -0.39 is 12.3 Å². The van der Waals surface area contributed by atoms with Crippen molar-refractivity contribution in [3.63, 3.8) is 0 Å². The summed E-state index contributed by atoms with van der Waals surface area (Å²) in [6.45, 7) is -0.259. The van der Waals surface area contributed by atoms with Gasteiger partial charge in [0.1, 0.15) is 16.6 Å². The van der Waals surface area contributed by atoms with Gasteiger partial charge >= 0.3 is 0 Å². The van der Waals surface area contributed by atoms with E-state index in [1.807, 2.05) is 0 Å². The standard InChI is InChI=1S/C7H7Cl2F2N3/c8-5-4(3(1-12)7(10)11)6(9)14-2-13-5/h2-3,7H,1,12H2. The molecule has 78 valence electrons. The van der Waals surface area contributed by atoms with E-state index >= 15 is 0 Å². The second kappa shape index (κ2) is 4.82. The average molecular weight is 242 g/mol. The van der Waals surface area contributed by atoms with Crippen molar-refractivity contribution in [2.24, 2.45) is 5.73 Å². The van der Waals surface area contributed by atoms with E-state index in [0.29, 0.717) is 0 Å². The van der Waals surface area contributed by atoms with Gasteiger partial charge in [0.05, 0.1) is 5.92 Å². The molecule has 0 aliphatic carbocycles. The van der Waals surface area contributed by atoms with Crippen molar-refractivity contribution in [2.75, 3.05) is 6.54 Å². The van der Waals surface area contributed by atoms with Crippen molar-refractivity contribution in [1.82, 2.24) is 9.97 Å². The summed E-state index contributed by atoms with van der Waals surface area (Å²) < 4.78 is 25.0. The number of nitrogens with two attached hydrogens (primary N) is 1. The van der Waals surface area contributed by atoms with E-state index in [9.17, 15) is 8.78 Å². The number of hydrogen-bond donors (Lipinski definition) is 1. The Hall–Kier alpha value is -0.520. The van der Waals surface area contributed by atoms with Crippen LogP contribution in [0.5, 0.6) is 0 Å². The molecule has 0 aliphatic heterocycles. The molecule has 0 saturated heterocycles. The van der Waals surface area contributed by atoms with Crippen LogP contribution in [0.2, 0.25) is 10.3 Å². The molecular weight excluding hydrogens is 235 g/mol. The second-order valence-electron chi connectivity index (χ2n) is 2.55. The zero-order chi connectivity index (χ0) is 10.7. The largest absolute Gasteiger partial charge is 0.330 e. The average Bonchev–Trinajstić information content (AvgIpc) is 2.10. The zero-order valence-corrected chi connectivity index (χ0v) is 8.43. The molecule has 2 N–H and O–H groups in total. The summed E-state index contributed by atoms with van der Waals surface area (Å²) in [5.41, 5.74) is 5.20. The van der Waals surface area contributed by atoms with Crippen molar-refractivity contribution in [3.8, 4) is 0 Å². The van der Waals surface area contributed by atoms with Crippen molar-refractivity contribution in [3.05, 3.63) is 22.2 Å². The lowest BCUT2D eigenvalue weighted by Crippen LogP contribution is -2.21. The van der Waals surface area contributed by atoms with E-state index in [4.69, 9.17) is 28.9 Å². The van der Waals surface area contributed by atoms with E-state index in [1.165, 1.54) is 0 Å². The van der Waals surface area contributed by atoms with Crippen LogP contribution >= 0.6 is 23.2 Å². The van der Waals surface area contributed by atoms with Crippen LogP contribution in [-0.4, -0.2) is 22.9 Å². The van der Waals surface area contributed by atoms with Crippen LogP contribution in [-0.2, 0) is 0 Å². The Kier molecular flexibility index (Phi) is 3.97. The van der Waals surface area contributed by atoms with Gasteiger partial charge < -0.3 is 5.73 Å². The fourth-order valence-electron chi connectivity index (χ4n) is 1.01. The van der Waals surface area contributed by atoms with Crippen LogP contribution in [0, 0.1) is 0 Å². The van der Waals surface area contributed by atoms with Gasteiger partial charge in [-0.2, -0.15) is 0 Å². The molecule has 0 spiro atoms. The van der Waals surface area contributed by atoms with Crippen molar-refractivity contribution >= 4 is 23.2 Å². The van der Waals surface area contributed by atoms with Crippen molar-refractivity contribution < 1.29 is 8.78 Å². The zero-order valence-electron chi connectivity index (χ0n) is 6.92. The number of rotatable bonds is 3. The molecule has 1 rings (SSSR count). The number of nitrogens with zero attached hydrogens (tertiary/aromatic N) is 2. The maximum Gasteiger partial charge on any atom is 0.246 e. The minimum atomic E-state index is -2.64. The molecular formula is C7H7Cl2F2N3. The molecule has 0 bridgehead atoms. The van der Waals surface area contributed by atoms with Gasteiger partial charge in [-0.3, -0.25) is 0 Å². The molecule has 14 heavy (non-hydrogen) atoms. The highest BCUT2D eigenvalue weighted by molar-refractivity contribution is 6.34. The first-order chi connectivity index (χ1) is 6.57. The normalized spacial score (nSPS) is 13.3. The minimum Gasteiger partial charge on any atom is -0.330 e. The minimum absolute atomic E-state index is 0.00772. The smallest absolute Gasteiger partial charge is 0.246 e. The fourth-order valence-corrected chi connectivity index (χ4v) is 1.60. The molecule has 1 aromatic rings. The van der Waals surface area contributed by atoms with E-state index in [-0.39, 0.29) is 22.4 Å². The third-order valence-corrected chi connectivity index (χ3v) is 2.32. The highest BCUT2D eigenvalue weighted by Crippen LogP contribution is 2.31. The van der Waals surface area contributed by atoms with Crippen LogP contribution in [0.3, 0.4) is 0 Å². The van der Waals surface area contributed by atoms with Crippen LogP contribution in [0.4, 0.5) is 8.78 Å². The Balaban J connectivity index is 3.15. The number of hydrogen-bond acceptors (Lipinski definition) is 3. The second-order valence-corrected chi connectivity index (χ2v) is 3.26. The maximum atomic E-state index is 12.5. The maximum absolute atomic E-state index is 12.5. The van der Waals surface area contributed by atoms with Gasteiger partial charge in [0.25, 0.3) is 0 Å². The van der Waals surface area contributed by atoms with Crippen molar-refractivity contribution in [2.45, 2.75) is 12.3 Å². The molecule has 1 aromatic heterocycles. The quantitative estimate of drug-likeness (QED) is 0.825. The predicted octanol–water partition coefficient (Wildman–Crippen LogP) is 2.09. The first-order valence-corrected chi connectivity index (χ1v) is 4.47. The Bertz CT molecular complexity index is 302. The summed E-state index contributed by atoms with van der Waals surface area (Å²) >= 11 is 11.2. The van der Waals surface area contributed by atoms with E-state index in [0.717, 1.165) is 6.33 Å².